The lowest BCUT2D eigenvalue weighted by atomic mass is 10.0. The second-order valence-corrected chi connectivity index (χ2v) is 7.29. The van der Waals surface area contributed by atoms with Gasteiger partial charge in [-0.1, -0.05) is 0 Å². The van der Waals surface area contributed by atoms with E-state index in [9.17, 15) is 24.8 Å². The minimum Gasteiger partial charge on any atom is -0.501 e. The van der Waals surface area contributed by atoms with E-state index in [0.29, 0.717) is 5.56 Å². The Bertz CT molecular complexity index is 685. The van der Waals surface area contributed by atoms with Crippen molar-refractivity contribution < 1.29 is 29.1 Å². The number of nitrogens with zero attached hydrogens (tertiary/aromatic N) is 1. The molecular weight excluding hydrogens is 447 g/mol. The van der Waals surface area contributed by atoms with Gasteiger partial charge in [-0.15, -0.1) is 0 Å². The molecule has 1 rings (SSSR count). The number of aromatic hydroxyl groups is 1. The van der Waals surface area contributed by atoms with Crippen molar-refractivity contribution in [2.75, 3.05) is 7.11 Å². The highest BCUT2D eigenvalue weighted by molar-refractivity contribution is 14.1. The molecule has 0 aromatic heterocycles. The number of benzene rings is 1. The van der Waals surface area contributed by atoms with Crippen LogP contribution in [0.15, 0.2) is 12.1 Å². The quantitative estimate of drug-likeness (QED) is 0.295. The zero-order valence-electron chi connectivity index (χ0n) is 14.2. The van der Waals surface area contributed by atoms with E-state index >= 15 is 0 Å². The number of esters is 1. The van der Waals surface area contributed by atoms with Gasteiger partial charge in [0, 0.05) is 12.5 Å². The highest BCUT2D eigenvalue weighted by Gasteiger charge is 2.27. The Balaban J connectivity index is 3.05. The summed E-state index contributed by atoms with van der Waals surface area (Å²) < 4.78 is 10.0. The van der Waals surface area contributed by atoms with E-state index in [4.69, 9.17) is 4.74 Å². The molecule has 2 N–H and O–H groups in total. The Morgan fingerprint density at radius 3 is 2.48 bits per heavy atom. The zero-order chi connectivity index (χ0) is 19.4. The van der Waals surface area contributed by atoms with Crippen LogP contribution in [0.1, 0.15) is 26.3 Å². The lowest BCUT2D eigenvalue weighted by Gasteiger charge is -2.22. The predicted molar refractivity (Wildman–Crippen MR) is 96.4 cm³/mol. The van der Waals surface area contributed by atoms with Crippen LogP contribution in [0, 0.1) is 13.7 Å². The Morgan fingerprint density at radius 1 is 1.40 bits per heavy atom. The van der Waals surface area contributed by atoms with Gasteiger partial charge in [0.25, 0.3) is 0 Å². The summed E-state index contributed by atoms with van der Waals surface area (Å²) >= 11 is 1.74. The van der Waals surface area contributed by atoms with E-state index in [1.54, 1.807) is 43.4 Å². The fourth-order valence-corrected chi connectivity index (χ4v) is 2.59. The van der Waals surface area contributed by atoms with Gasteiger partial charge in [0.1, 0.15) is 11.6 Å². The summed E-state index contributed by atoms with van der Waals surface area (Å²) in [4.78, 5) is 34.1. The molecule has 0 aliphatic carbocycles. The van der Waals surface area contributed by atoms with Gasteiger partial charge in [-0.25, -0.2) is 9.59 Å². The summed E-state index contributed by atoms with van der Waals surface area (Å²) in [7, 11) is 1.16. The number of ether oxygens (including phenoxy) is 2. The molecule has 0 aliphatic heterocycles. The molecule has 1 aromatic carbocycles. The van der Waals surface area contributed by atoms with Crippen molar-refractivity contribution in [3.63, 3.8) is 0 Å². The number of halogens is 1. The van der Waals surface area contributed by atoms with Crippen LogP contribution in [0.3, 0.4) is 0 Å². The molecule has 0 radical (unpaired) electrons. The minimum absolute atomic E-state index is 0.0664. The number of hydrogen-bond acceptors (Lipinski definition) is 7. The van der Waals surface area contributed by atoms with Crippen LogP contribution in [0.4, 0.5) is 10.5 Å². The summed E-state index contributed by atoms with van der Waals surface area (Å²) in [6.07, 6.45) is -0.880. The molecule has 0 spiro atoms. The van der Waals surface area contributed by atoms with E-state index in [-0.39, 0.29) is 9.99 Å². The summed E-state index contributed by atoms with van der Waals surface area (Å²) in [5.41, 5.74) is -0.861. The standard InChI is InChI=1S/C15H19IN2O7/c1-15(2,3)25-14(21)17-10(13(20)24-4)6-8-5-9(16)12(19)11(7-8)18(22)23/h5,7,10,19H,6H2,1-4H3,(H,17,21)/t10-/m0/s1. The van der Waals surface area contributed by atoms with Crippen molar-refractivity contribution in [3.8, 4) is 5.75 Å². The number of phenols is 1. The van der Waals surface area contributed by atoms with Gasteiger partial charge in [-0.2, -0.15) is 0 Å². The average Bonchev–Trinajstić information content (AvgIpc) is 2.46. The number of carbonyl (C=O) groups is 2. The number of phenolic OH excluding ortho intramolecular Hbond substituents is 1. The Labute approximate surface area is 158 Å². The first-order valence-electron chi connectivity index (χ1n) is 7.17. The monoisotopic (exact) mass is 466 g/mol. The van der Waals surface area contributed by atoms with E-state index < -0.39 is 40.1 Å². The number of methoxy groups -OCH3 is 1. The van der Waals surface area contributed by atoms with Crippen molar-refractivity contribution in [2.24, 2.45) is 0 Å². The lowest BCUT2D eigenvalue weighted by Crippen LogP contribution is -2.45. The molecular formula is C15H19IN2O7. The number of carbonyl (C=O) groups excluding carboxylic acids is 2. The molecule has 1 aromatic rings. The third kappa shape index (κ3) is 6.36. The molecule has 0 aliphatic rings. The number of hydrogen-bond donors (Lipinski definition) is 2. The molecule has 0 bridgehead atoms. The fraction of sp³-hybridized carbons (Fsp3) is 0.467. The predicted octanol–water partition coefficient (Wildman–Crippen LogP) is 2.51. The highest BCUT2D eigenvalue weighted by Crippen LogP contribution is 2.32. The zero-order valence-corrected chi connectivity index (χ0v) is 16.3. The molecule has 0 heterocycles. The highest BCUT2D eigenvalue weighted by atomic mass is 127. The van der Waals surface area contributed by atoms with Crippen molar-refractivity contribution in [3.05, 3.63) is 31.4 Å². The van der Waals surface area contributed by atoms with Crippen LogP contribution >= 0.6 is 22.6 Å². The van der Waals surface area contributed by atoms with Crippen LogP contribution < -0.4 is 5.32 Å². The van der Waals surface area contributed by atoms with Gasteiger partial charge < -0.3 is 19.9 Å². The van der Waals surface area contributed by atoms with Crippen LogP contribution in [-0.2, 0) is 20.7 Å². The minimum atomic E-state index is -1.10. The van der Waals surface area contributed by atoms with Crippen LogP contribution in [0.5, 0.6) is 5.75 Å². The number of amides is 1. The van der Waals surface area contributed by atoms with Crippen molar-refractivity contribution in [1.29, 1.82) is 0 Å². The largest absolute Gasteiger partial charge is 0.501 e. The molecule has 0 fully saturated rings. The van der Waals surface area contributed by atoms with Gasteiger partial charge >= 0.3 is 17.7 Å². The first-order valence-corrected chi connectivity index (χ1v) is 8.25. The Morgan fingerprint density at radius 2 is 2.00 bits per heavy atom. The van der Waals surface area contributed by atoms with Gasteiger partial charge in [-0.05, 0) is 55.0 Å². The van der Waals surface area contributed by atoms with E-state index in [1.807, 2.05) is 0 Å². The summed E-state index contributed by atoms with van der Waals surface area (Å²) in [5.74, 6) is -1.18. The lowest BCUT2D eigenvalue weighted by molar-refractivity contribution is -0.386. The molecule has 0 saturated carbocycles. The molecule has 1 amide bonds. The van der Waals surface area contributed by atoms with Crippen molar-refractivity contribution >= 4 is 40.3 Å². The second kappa shape index (κ2) is 8.32. The number of nitro benzene ring substituents is 1. The van der Waals surface area contributed by atoms with E-state index in [1.165, 1.54) is 6.07 Å². The number of rotatable bonds is 5. The van der Waals surface area contributed by atoms with E-state index in [0.717, 1.165) is 13.2 Å². The Kier molecular flexibility index (Phi) is 6.96. The molecule has 0 saturated heterocycles. The summed E-state index contributed by atoms with van der Waals surface area (Å²) in [6.45, 7) is 5.02. The van der Waals surface area contributed by atoms with Gasteiger partial charge in [0.05, 0.1) is 15.6 Å². The van der Waals surface area contributed by atoms with Gasteiger partial charge in [0.15, 0.2) is 0 Å². The van der Waals surface area contributed by atoms with Crippen molar-refractivity contribution in [2.45, 2.75) is 38.8 Å². The second-order valence-electron chi connectivity index (χ2n) is 6.13. The molecule has 138 valence electrons. The third-order valence-electron chi connectivity index (χ3n) is 2.92. The molecule has 25 heavy (non-hydrogen) atoms. The summed E-state index contributed by atoms with van der Waals surface area (Å²) in [6, 6.07) is 1.53. The number of nitrogens with one attached hydrogen (secondary N) is 1. The molecule has 0 unspecified atom stereocenters. The number of alkyl carbamates (subject to hydrolysis) is 1. The van der Waals surface area contributed by atoms with Gasteiger partial charge in [0.2, 0.25) is 5.75 Å². The molecule has 1 atom stereocenters. The number of nitro groups is 1. The van der Waals surface area contributed by atoms with Gasteiger partial charge in [-0.3, -0.25) is 10.1 Å². The maximum Gasteiger partial charge on any atom is 0.408 e. The SMILES string of the molecule is COC(=O)[C@H](Cc1cc(I)c(O)c([N+](=O)[O-])c1)NC(=O)OC(C)(C)C. The van der Waals surface area contributed by atoms with Crippen LogP contribution in [0.2, 0.25) is 0 Å². The van der Waals surface area contributed by atoms with Crippen molar-refractivity contribution in [1.82, 2.24) is 5.32 Å². The van der Waals surface area contributed by atoms with E-state index in [2.05, 4.69) is 10.1 Å². The molecule has 10 heteroatoms. The average molecular weight is 466 g/mol. The maximum atomic E-state index is 11.9. The first kappa shape index (κ1) is 20.9. The molecule has 9 nitrogen and oxygen atoms in total. The maximum absolute atomic E-state index is 11.9. The smallest absolute Gasteiger partial charge is 0.408 e. The first-order chi connectivity index (χ1) is 11.4. The van der Waals surface area contributed by atoms with Crippen LogP contribution in [-0.4, -0.2) is 40.8 Å². The summed E-state index contributed by atoms with van der Waals surface area (Å²) in [5, 5.41) is 23.1. The van der Waals surface area contributed by atoms with Crippen LogP contribution in [0.25, 0.3) is 0 Å². The topological polar surface area (TPSA) is 128 Å². The fourth-order valence-electron chi connectivity index (χ4n) is 1.92. The Hall–Kier alpha value is -2.11. The third-order valence-corrected chi connectivity index (χ3v) is 3.74. The normalized spacial score (nSPS) is 12.2.